The van der Waals surface area contributed by atoms with Crippen LogP contribution in [0.5, 0.6) is 0 Å². The SMILES string of the molecule is CC(NC(=O)CCCc1nc2ccccc2c(=O)[nH]1)c1ccc(Cl)c(Cl)c1. The number of aromatic nitrogens is 2. The van der Waals surface area contributed by atoms with Crippen LogP contribution in [0.4, 0.5) is 0 Å². The number of benzene rings is 2. The maximum absolute atomic E-state index is 12.2. The van der Waals surface area contributed by atoms with E-state index < -0.39 is 0 Å². The van der Waals surface area contributed by atoms with Gasteiger partial charge in [-0.1, -0.05) is 41.4 Å². The van der Waals surface area contributed by atoms with Crippen LogP contribution < -0.4 is 10.9 Å². The largest absolute Gasteiger partial charge is 0.350 e. The first-order chi connectivity index (χ1) is 12.9. The summed E-state index contributed by atoms with van der Waals surface area (Å²) in [6.45, 7) is 1.89. The van der Waals surface area contributed by atoms with Crippen LogP contribution in [0, 0.1) is 0 Å². The zero-order chi connectivity index (χ0) is 19.4. The number of aromatic amines is 1. The molecule has 5 nitrogen and oxygen atoms in total. The van der Waals surface area contributed by atoms with E-state index in [-0.39, 0.29) is 17.5 Å². The molecule has 0 radical (unpaired) electrons. The highest BCUT2D eigenvalue weighted by Gasteiger charge is 2.11. The monoisotopic (exact) mass is 403 g/mol. The van der Waals surface area contributed by atoms with Gasteiger partial charge in [-0.05, 0) is 43.2 Å². The molecule has 0 bridgehead atoms. The van der Waals surface area contributed by atoms with E-state index >= 15 is 0 Å². The molecule has 1 heterocycles. The Morgan fingerprint density at radius 1 is 1.19 bits per heavy atom. The van der Waals surface area contributed by atoms with Crippen molar-refractivity contribution in [2.75, 3.05) is 0 Å². The predicted molar refractivity (Wildman–Crippen MR) is 108 cm³/mol. The highest BCUT2D eigenvalue weighted by Crippen LogP contribution is 2.25. The van der Waals surface area contributed by atoms with Gasteiger partial charge in [-0.3, -0.25) is 9.59 Å². The molecule has 2 aromatic carbocycles. The van der Waals surface area contributed by atoms with Crippen LogP contribution in [0.2, 0.25) is 10.0 Å². The van der Waals surface area contributed by atoms with Gasteiger partial charge >= 0.3 is 0 Å². The van der Waals surface area contributed by atoms with Crippen molar-refractivity contribution in [2.45, 2.75) is 32.2 Å². The minimum absolute atomic E-state index is 0.0725. The molecule has 1 aromatic heterocycles. The summed E-state index contributed by atoms with van der Waals surface area (Å²) in [6.07, 6.45) is 1.44. The third-order valence-corrected chi connectivity index (χ3v) is 5.04. The van der Waals surface area contributed by atoms with Gasteiger partial charge in [-0.15, -0.1) is 0 Å². The first-order valence-corrected chi connectivity index (χ1v) is 9.42. The van der Waals surface area contributed by atoms with Crippen molar-refractivity contribution in [2.24, 2.45) is 0 Å². The van der Waals surface area contributed by atoms with E-state index in [2.05, 4.69) is 15.3 Å². The molecule has 7 heteroatoms. The number of halogens is 2. The second kappa shape index (κ2) is 8.55. The van der Waals surface area contributed by atoms with E-state index in [0.717, 1.165) is 5.56 Å². The van der Waals surface area contributed by atoms with E-state index in [9.17, 15) is 9.59 Å². The second-order valence-electron chi connectivity index (χ2n) is 6.35. The Morgan fingerprint density at radius 2 is 1.96 bits per heavy atom. The average molecular weight is 404 g/mol. The average Bonchev–Trinajstić information content (AvgIpc) is 2.64. The molecule has 1 unspecified atom stereocenters. The molecule has 0 spiro atoms. The van der Waals surface area contributed by atoms with E-state index in [0.29, 0.717) is 46.0 Å². The fourth-order valence-electron chi connectivity index (χ4n) is 2.85. The number of amides is 1. The molecule has 3 rings (SSSR count). The van der Waals surface area contributed by atoms with E-state index in [1.807, 2.05) is 19.1 Å². The van der Waals surface area contributed by atoms with Crippen LogP contribution in [-0.4, -0.2) is 15.9 Å². The van der Waals surface area contributed by atoms with Gasteiger partial charge in [0.05, 0.1) is 27.0 Å². The Bertz CT molecular complexity index is 1030. The summed E-state index contributed by atoms with van der Waals surface area (Å²) in [4.78, 5) is 31.5. The number of nitrogens with zero attached hydrogens (tertiary/aromatic N) is 1. The molecular formula is C20H19Cl2N3O2. The van der Waals surface area contributed by atoms with Crippen LogP contribution in [0.25, 0.3) is 10.9 Å². The summed E-state index contributed by atoms with van der Waals surface area (Å²) >= 11 is 11.9. The molecule has 27 heavy (non-hydrogen) atoms. The topological polar surface area (TPSA) is 74.8 Å². The highest BCUT2D eigenvalue weighted by atomic mass is 35.5. The lowest BCUT2D eigenvalue weighted by Crippen LogP contribution is -2.26. The Kier molecular flexibility index (Phi) is 6.14. The zero-order valence-electron chi connectivity index (χ0n) is 14.8. The number of para-hydroxylation sites is 1. The van der Waals surface area contributed by atoms with Gasteiger partial charge in [0.2, 0.25) is 5.91 Å². The van der Waals surface area contributed by atoms with Crippen LogP contribution in [0.3, 0.4) is 0 Å². The molecule has 0 aliphatic carbocycles. The van der Waals surface area contributed by atoms with Crippen molar-refractivity contribution in [3.05, 3.63) is 74.3 Å². The van der Waals surface area contributed by atoms with Gasteiger partial charge in [-0.25, -0.2) is 4.98 Å². The standard InChI is InChI=1S/C20H19Cl2N3O2/c1-12(13-9-10-15(21)16(22)11-13)23-19(26)8-4-7-18-24-17-6-3-2-5-14(17)20(27)25-18/h2-3,5-6,9-12H,4,7-8H2,1H3,(H,23,26)(H,24,25,27). The second-order valence-corrected chi connectivity index (χ2v) is 7.16. The Hall–Kier alpha value is -2.37. The fraction of sp³-hybridized carbons (Fsp3) is 0.250. The molecule has 3 aromatic rings. The molecule has 140 valence electrons. The maximum atomic E-state index is 12.2. The summed E-state index contributed by atoms with van der Waals surface area (Å²) in [7, 11) is 0. The first kappa shape index (κ1) is 19.4. The normalized spacial score (nSPS) is 12.1. The third-order valence-electron chi connectivity index (χ3n) is 4.30. The van der Waals surface area contributed by atoms with Crippen molar-refractivity contribution in [3.63, 3.8) is 0 Å². The Labute approximate surface area is 166 Å². The molecule has 1 amide bonds. The number of nitrogens with one attached hydrogen (secondary N) is 2. The number of hydrogen-bond donors (Lipinski definition) is 2. The van der Waals surface area contributed by atoms with Crippen LogP contribution in [0.1, 0.15) is 37.2 Å². The van der Waals surface area contributed by atoms with Gasteiger partial charge in [-0.2, -0.15) is 0 Å². The van der Waals surface area contributed by atoms with Gasteiger partial charge in [0.15, 0.2) is 0 Å². The Balaban J connectivity index is 1.55. The summed E-state index contributed by atoms with van der Waals surface area (Å²) in [5, 5.41) is 4.44. The summed E-state index contributed by atoms with van der Waals surface area (Å²) in [5.74, 6) is 0.515. The minimum atomic E-state index is -0.175. The van der Waals surface area contributed by atoms with Gasteiger partial charge in [0, 0.05) is 12.8 Å². The number of aryl methyl sites for hydroxylation is 1. The van der Waals surface area contributed by atoms with Crippen LogP contribution >= 0.6 is 23.2 Å². The number of fused-ring (bicyclic) bond motifs is 1. The first-order valence-electron chi connectivity index (χ1n) is 8.66. The van der Waals surface area contributed by atoms with Crippen molar-refractivity contribution >= 4 is 40.0 Å². The lowest BCUT2D eigenvalue weighted by molar-refractivity contribution is -0.121. The summed E-state index contributed by atoms with van der Waals surface area (Å²) in [5.41, 5.74) is 1.39. The maximum Gasteiger partial charge on any atom is 0.258 e. The van der Waals surface area contributed by atoms with Crippen molar-refractivity contribution in [1.29, 1.82) is 0 Å². The van der Waals surface area contributed by atoms with Crippen LogP contribution in [0.15, 0.2) is 47.3 Å². The minimum Gasteiger partial charge on any atom is -0.350 e. The van der Waals surface area contributed by atoms with E-state index in [4.69, 9.17) is 23.2 Å². The van der Waals surface area contributed by atoms with E-state index in [1.54, 1.807) is 30.3 Å². The lowest BCUT2D eigenvalue weighted by atomic mass is 10.1. The molecular weight excluding hydrogens is 385 g/mol. The summed E-state index contributed by atoms with van der Waals surface area (Å²) in [6, 6.07) is 12.3. The van der Waals surface area contributed by atoms with Crippen molar-refractivity contribution in [1.82, 2.24) is 15.3 Å². The number of carbonyl (C=O) groups excluding carboxylic acids is 1. The Morgan fingerprint density at radius 3 is 2.74 bits per heavy atom. The molecule has 0 aliphatic rings. The van der Waals surface area contributed by atoms with Gasteiger partial charge in [0.25, 0.3) is 5.56 Å². The predicted octanol–water partition coefficient (Wildman–Crippen LogP) is 4.43. The number of rotatable bonds is 6. The third kappa shape index (κ3) is 4.87. The van der Waals surface area contributed by atoms with Crippen molar-refractivity contribution in [3.8, 4) is 0 Å². The van der Waals surface area contributed by atoms with Crippen molar-refractivity contribution < 1.29 is 4.79 Å². The number of hydrogen-bond acceptors (Lipinski definition) is 3. The zero-order valence-corrected chi connectivity index (χ0v) is 16.3. The van der Waals surface area contributed by atoms with Gasteiger partial charge < -0.3 is 10.3 Å². The lowest BCUT2D eigenvalue weighted by Gasteiger charge is -2.15. The van der Waals surface area contributed by atoms with Crippen LogP contribution in [-0.2, 0) is 11.2 Å². The molecule has 2 N–H and O–H groups in total. The molecule has 0 saturated heterocycles. The number of carbonyl (C=O) groups is 1. The molecule has 0 fully saturated rings. The summed E-state index contributed by atoms with van der Waals surface area (Å²) < 4.78 is 0. The molecule has 0 saturated carbocycles. The van der Waals surface area contributed by atoms with Gasteiger partial charge in [0.1, 0.15) is 5.82 Å². The smallest absolute Gasteiger partial charge is 0.258 e. The molecule has 0 aliphatic heterocycles. The highest BCUT2D eigenvalue weighted by molar-refractivity contribution is 6.42. The van der Waals surface area contributed by atoms with E-state index in [1.165, 1.54) is 0 Å². The molecule has 1 atom stereocenters. The fourth-order valence-corrected chi connectivity index (χ4v) is 3.15. The number of H-pyrrole nitrogens is 1. The quantitative estimate of drug-likeness (QED) is 0.638.